The van der Waals surface area contributed by atoms with E-state index in [1.165, 1.54) is 6.42 Å². The van der Waals surface area contributed by atoms with Crippen molar-refractivity contribution in [2.45, 2.75) is 20.3 Å². The van der Waals surface area contributed by atoms with E-state index in [1.54, 1.807) is 0 Å². The molecule has 0 saturated carbocycles. The molecule has 0 rings (SSSR count). The molecule has 0 aliphatic heterocycles. The van der Waals surface area contributed by atoms with E-state index in [4.69, 9.17) is 0 Å². The van der Waals surface area contributed by atoms with Crippen LogP contribution in [-0.2, 0) is 0 Å². The molecule has 0 heterocycles. The van der Waals surface area contributed by atoms with Crippen molar-refractivity contribution in [1.82, 2.24) is 0 Å². The van der Waals surface area contributed by atoms with Crippen molar-refractivity contribution in [3.8, 4) is 0 Å². The molecular formula is C5H10BBr. The van der Waals surface area contributed by atoms with E-state index in [-0.39, 0.29) is 0 Å². The molecule has 0 aliphatic carbocycles. The Morgan fingerprint density at radius 1 is 1.86 bits per heavy atom. The summed E-state index contributed by atoms with van der Waals surface area (Å²) in [4.78, 5) is 0. The molecule has 0 aliphatic rings. The monoisotopic (exact) mass is 160 g/mol. The van der Waals surface area contributed by atoms with Gasteiger partial charge in [0.25, 0.3) is 0 Å². The second-order valence-electron chi connectivity index (χ2n) is 1.76. The third kappa shape index (κ3) is 3.04. The Labute approximate surface area is 54.5 Å². The topological polar surface area (TPSA) is 0 Å². The zero-order valence-corrected chi connectivity index (χ0v) is 6.46. The Morgan fingerprint density at radius 3 is 2.29 bits per heavy atom. The summed E-state index contributed by atoms with van der Waals surface area (Å²) in [6.07, 6.45) is 1.17. The third-order valence-corrected chi connectivity index (χ3v) is 1.93. The number of hydrogen-bond acceptors (Lipinski definition) is 0. The second kappa shape index (κ2) is 3.42. The van der Waals surface area contributed by atoms with Crippen molar-refractivity contribution in [2.75, 3.05) is 0 Å². The molecular weight excluding hydrogens is 151 g/mol. The fourth-order valence-corrected chi connectivity index (χ4v) is 0.545. The SMILES string of the molecule is B=C(Br)C(C)CC. The molecule has 0 fully saturated rings. The van der Waals surface area contributed by atoms with Crippen LogP contribution in [0.1, 0.15) is 20.3 Å². The molecule has 0 aromatic rings. The van der Waals surface area contributed by atoms with E-state index >= 15 is 0 Å². The van der Waals surface area contributed by atoms with E-state index < -0.39 is 0 Å². The zero-order chi connectivity index (χ0) is 5.86. The average molecular weight is 161 g/mol. The van der Waals surface area contributed by atoms with Gasteiger partial charge in [0.1, 0.15) is 0 Å². The molecule has 40 valence electrons. The Morgan fingerprint density at radius 2 is 2.29 bits per heavy atom. The van der Waals surface area contributed by atoms with Crippen LogP contribution in [0, 0.1) is 5.92 Å². The van der Waals surface area contributed by atoms with Crippen molar-refractivity contribution < 1.29 is 0 Å². The van der Waals surface area contributed by atoms with Gasteiger partial charge in [0, 0.05) is 0 Å². The molecule has 0 nitrogen and oxygen atoms in total. The fourth-order valence-electron chi connectivity index (χ4n) is 0.221. The predicted octanol–water partition coefficient (Wildman–Crippen LogP) is 1.46. The molecule has 0 radical (unpaired) electrons. The molecule has 0 aromatic carbocycles. The van der Waals surface area contributed by atoms with Crippen LogP contribution < -0.4 is 0 Å². The first-order valence-electron chi connectivity index (χ1n) is 2.52. The maximum atomic E-state index is 3.74. The van der Waals surface area contributed by atoms with Crippen LogP contribution in [0.3, 0.4) is 0 Å². The van der Waals surface area contributed by atoms with Crippen LogP contribution in [0.15, 0.2) is 0 Å². The summed E-state index contributed by atoms with van der Waals surface area (Å²) in [7, 11) is 3.74. The van der Waals surface area contributed by atoms with Crippen LogP contribution in [0.4, 0.5) is 0 Å². The summed E-state index contributed by atoms with van der Waals surface area (Å²) in [6, 6.07) is 0. The van der Waals surface area contributed by atoms with Gasteiger partial charge in [0.15, 0.2) is 0 Å². The van der Waals surface area contributed by atoms with Crippen molar-refractivity contribution in [1.29, 1.82) is 0 Å². The van der Waals surface area contributed by atoms with E-state index in [0.29, 0.717) is 5.92 Å². The molecule has 0 aromatic heterocycles. The zero-order valence-electron chi connectivity index (χ0n) is 4.87. The Hall–Kier alpha value is 0.415. The molecule has 0 N–H and O–H groups in total. The summed E-state index contributed by atoms with van der Waals surface area (Å²) in [6.45, 7) is 4.30. The van der Waals surface area contributed by atoms with Gasteiger partial charge in [0.2, 0.25) is 0 Å². The van der Waals surface area contributed by atoms with E-state index in [0.717, 1.165) is 4.37 Å². The standard InChI is InChI=1S/C5H10BBr/c1-3-4(2)5(6)7/h4,6H,3H2,1-2H3. The maximum absolute atomic E-state index is 3.74. The molecule has 1 unspecified atom stereocenters. The van der Waals surface area contributed by atoms with Gasteiger partial charge in [-0.25, -0.2) is 0 Å². The average Bonchev–Trinajstić information content (AvgIpc) is 1.65. The summed E-state index contributed by atoms with van der Waals surface area (Å²) in [5.41, 5.74) is 0. The van der Waals surface area contributed by atoms with Crippen LogP contribution >= 0.6 is 15.9 Å². The Balaban J connectivity index is 3.34. The van der Waals surface area contributed by atoms with Gasteiger partial charge >= 0.3 is 54.0 Å². The van der Waals surface area contributed by atoms with Crippen LogP contribution in [-0.4, -0.2) is 11.9 Å². The van der Waals surface area contributed by atoms with Crippen molar-refractivity contribution in [3.63, 3.8) is 0 Å². The van der Waals surface area contributed by atoms with E-state index in [9.17, 15) is 0 Å². The normalized spacial score (nSPS) is 13.4. The minimum atomic E-state index is 0.625. The molecule has 0 spiro atoms. The molecule has 2 heteroatoms. The number of halogens is 1. The predicted molar refractivity (Wildman–Crippen MR) is 40.5 cm³/mol. The Bertz CT molecular complexity index is 70.5. The second-order valence-corrected chi connectivity index (χ2v) is 2.77. The van der Waals surface area contributed by atoms with Crippen LogP contribution in [0.2, 0.25) is 0 Å². The first-order chi connectivity index (χ1) is 3.18. The summed E-state index contributed by atoms with van der Waals surface area (Å²) in [5, 5.41) is 0. The fraction of sp³-hybridized carbons (Fsp3) is 0.800. The first-order valence-corrected chi connectivity index (χ1v) is 3.32. The van der Waals surface area contributed by atoms with Crippen molar-refractivity contribution in [2.24, 2.45) is 5.92 Å². The number of rotatable bonds is 2. The Kier molecular flexibility index (Phi) is 3.62. The van der Waals surface area contributed by atoms with E-state index in [1.807, 2.05) is 0 Å². The van der Waals surface area contributed by atoms with Crippen LogP contribution in [0.25, 0.3) is 0 Å². The minimum absolute atomic E-state index is 0.625. The van der Waals surface area contributed by atoms with Gasteiger partial charge in [-0.15, -0.1) is 0 Å². The molecule has 7 heavy (non-hydrogen) atoms. The van der Waals surface area contributed by atoms with E-state index in [2.05, 4.69) is 37.3 Å². The third-order valence-electron chi connectivity index (χ3n) is 1.15. The van der Waals surface area contributed by atoms with Gasteiger partial charge in [0.05, 0.1) is 0 Å². The molecule has 1 atom stereocenters. The van der Waals surface area contributed by atoms with Gasteiger partial charge in [-0.3, -0.25) is 0 Å². The van der Waals surface area contributed by atoms with Gasteiger partial charge in [-0.2, -0.15) is 0 Å². The number of hydrogen-bond donors (Lipinski definition) is 0. The first kappa shape index (κ1) is 7.41. The summed E-state index contributed by atoms with van der Waals surface area (Å²) in [5.74, 6) is 0.625. The quantitative estimate of drug-likeness (QED) is 0.537. The van der Waals surface area contributed by atoms with Crippen LogP contribution in [0.5, 0.6) is 0 Å². The van der Waals surface area contributed by atoms with Crippen molar-refractivity contribution in [3.05, 3.63) is 0 Å². The van der Waals surface area contributed by atoms with Gasteiger partial charge in [-0.1, -0.05) is 0 Å². The van der Waals surface area contributed by atoms with Gasteiger partial charge in [-0.05, 0) is 0 Å². The molecule has 0 bridgehead atoms. The molecule has 0 amide bonds. The van der Waals surface area contributed by atoms with Crippen molar-refractivity contribution >= 4 is 27.8 Å². The summed E-state index contributed by atoms with van der Waals surface area (Å²) >= 11 is 3.31. The van der Waals surface area contributed by atoms with Gasteiger partial charge < -0.3 is 0 Å². The summed E-state index contributed by atoms with van der Waals surface area (Å²) < 4.78 is 1.11. The molecule has 0 saturated heterocycles.